The summed E-state index contributed by atoms with van der Waals surface area (Å²) in [5.41, 5.74) is 2.23. The number of hydrogen-bond donors (Lipinski definition) is 1. The minimum Gasteiger partial charge on any atom is -0.277 e. The van der Waals surface area contributed by atoms with Gasteiger partial charge in [0.1, 0.15) is 0 Å². The number of nitrogens with one attached hydrogen (secondary N) is 1. The molecule has 64 valence electrons. The van der Waals surface area contributed by atoms with Crippen molar-refractivity contribution in [2.75, 3.05) is 7.11 Å². The molecule has 3 heteroatoms. The lowest BCUT2D eigenvalue weighted by molar-refractivity contribution is -0.136. The van der Waals surface area contributed by atoms with E-state index in [9.17, 15) is 4.79 Å². The highest BCUT2D eigenvalue weighted by Crippen LogP contribution is 2.54. The lowest BCUT2D eigenvalue weighted by Crippen LogP contribution is -2.30. The van der Waals surface area contributed by atoms with Crippen LogP contribution in [0.4, 0.5) is 0 Å². The van der Waals surface area contributed by atoms with Crippen molar-refractivity contribution in [1.82, 2.24) is 5.48 Å². The van der Waals surface area contributed by atoms with Gasteiger partial charge < -0.3 is 0 Å². The molecule has 1 fully saturated rings. The molecule has 0 aromatic rings. The predicted octanol–water partition coefficient (Wildman–Crippen LogP) is 1.10. The standard InChI is InChI=1S/C8H15NO2/c1-4-6-5-8(6,2)7(10)9-11-3/h6H,4-5H2,1-3H3,(H,9,10). The van der Waals surface area contributed by atoms with Crippen LogP contribution in [0.5, 0.6) is 0 Å². The number of hydroxylamine groups is 1. The minimum absolute atomic E-state index is 0.0202. The van der Waals surface area contributed by atoms with E-state index in [2.05, 4.69) is 17.2 Å². The van der Waals surface area contributed by atoms with Crippen molar-refractivity contribution in [3.05, 3.63) is 0 Å². The van der Waals surface area contributed by atoms with Crippen LogP contribution in [0.15, 0.2) is 0 Å². The quantitative estimate of drug-likeness (QED) is 0.623. The average Bonchev–Trinajstić information content (AvgIpc) is 2.64. The molecule has 0 aliphatic heterocycles. The average molecular weight is 157 g/mol. The summed E-state index contributed by atoms with van der Waals surface area (Å²) in [5, 5.41) is 0. The summed E-state index contributed by atoms with van der Waals surface area (Å²) in [6.07, 6.45) is 2.08. The van der Waals surface area contributed by atoms with Crippen LogP contribution in [0.1, 0.15) is 26.7 Å². The van der Waals surface area contributed by atoms with E-state index in [-0.39, 0.29) is 11.3 Å². The van der Waals surface area contributed by atoms with Gasteiger partial charge in [-0.1, -0.05) is 20.3 Å². The SMILES string of the molecule is CCC1CC1(C)C(=O)NOC. The van der Waals surface area contributed by atoms with Gasteiger partial charge in [0.2, 0.25) is 5.91 Å². The van der Waals surface area contributed by atoms with Crippen LogP contribution in [0.2, 0.25) is 0 Å². The molecular formula is C8H15NO2. The number of rotatable bonds is 3. The van der Waals surface area contributed by atoms with E-state index in [1.165, 1.54) is 7.11 Å². The zero-order valence-corrected chi connectivity index (χ0v) is 7.31. The summed E-state index contributed by atoms with van der Waals surface area (Å²) in [7, 11) is 1.46. The molecule has 0 aromatic carbocycles. The molecule has 1 N–H and O–H groups in total. The smallest absolute Gasteiger partial charge is 0.249 e. The van der Waals surface area contributed by atoms with E-state index in [4.69, 9.17) is 0 Å². The third-order valence-electron chi connectivity index (χ3n) is 2.62. The van der Waals surface area contributed by atoms with Crippen molar-refractivity contribution in [2.24, 2.45) is 11.3 Å². The molecular weight excluding hydrogens is 142 g/mol. The van der Waals surface area contributed by atoms with E-state index in [0.717, 1.165) is 12.8 Å². The van der Waals surface area contributed by atoms with E-state index in [1.54, 1.807) is 0 Å². The maximum atomic E-state index is 11.3. The molecule has 0 heterocycles. The molecule has 1 amide bonds. The Morgan fingerprint density at radius 2 is 2.45 bits per heavy atom. The first kappa shape index (κ1) is 8.53. The van der Waals surface area contributed by atoms with Gasteiger partial charge in [0, 0.05) is 0 Å². The first-order chi connectivity index (χ1) is 5.15. The predicted molar refractivity (Wildman–Crippen MR) is 41.7 cm³/mol. The van der Waals surface area contributed by atoms with Crippen LogP contribution in [-0.4, -0.2) is 13.0 Å². The summed E-state index contributed by atoms with van der Waals surface area (Å²) in [4.78, 5) is 15.8. The molecule has 3 nitrogen and oxygen atoms in total. The van der Waals surface area contributed by atoms with Gasteiger partial charge in [0.05, 0.1) is 12.5 Å². The van der Waals surface area contributed by atoms with Crippen LogP contribution in [0, 0.1) is 11.3 Å². The normalized spacial score (nSPS) is 35.0. The van der Waals surface area contributed by atoms with Crippen molar-refractivity contribution in [2.45, 2.75) is 26.7 Å². The molecule has 0 aromatic heterocycles. The Hall–Kier alpha value is -0.570. The van der Waals surface area contributed by atoms with Crippen molar-refractivity contribution in [1.29, 1.82) is 0 Å². The number of carbonyl (C=O) groups is 1. The second-order valence-corrected chi connectivity index (χ2v) is 3.36. The zero-order chi connectivity index (χ0) is 8.48. The fourth-order valence-electron chi connectivity index (χ4n) is 1.54. The fourth-order valence-corrected chi connectivity index (χ4v) is 1.54. The Balaban J connectivity index is 2.42. The van der Waals surface area contributed by atoms with Crippen LogP contribution in [0.3, 0.4) is 0 Å². The van der Waals surface area contributed by atoms with Gasteiger partial charge in [-0.15, -0.1) is 0 Å². The summed E-state index contributed by atoms with van der Waals surface area (Å²) in [6, 6.07) is 0. The Morgan fingerprint density at radius 1 is 1.82 bits per heavy atom. The Bertz CT molecular complexity index is 169. The summed E-state index contributed by atoms with van der Waals surface area (Å²) < 4.78 is 0. The van der Waals surface area contributed by atoms with Gasteiger partial charge in [-0.25, -0.2) is 5.48 Å². The summed E-state index contributed by atoms with van der Waals surface area (Å²) in [5.74, 6) is 0.574. The van der Waals surface area contributed by atoms with Gasteiger partial charge >= 0.3 is 0 Å². The van der Waals surface area contributed by atoms with Crippen molar-refractivity contribution < 1.29 is 9.63 Å². The largest absolute Gasteiger partial charge is 0.277 e. The van der Waals surface area contributed by atoms with Crippen LogP contribution < -0.4 is 5.48 Å². The highest BCUT2D eigenvalue weighted by atomic mass is 16.6. The third kappa shape index (κ3) is 1.38. The van der Waals surface area contributed by atoms with E-state index < -0.39 is 0 Å². The second-order valence-electron chi connectivity index (χ2n) is 3.36. The van der Waals surface area contributed by atoms with Gasteiger partial charge in [-0.05, 0) is 12.3 Å². The maximum absolute atomic E-state index is 11.3. The first-order valence-corrected chi connectivity index (χ1v) is 3.98. The second kappa shape index (κ2) is 2.81. The van der Waals surface area contributed by atoms with E-state index >= 15 is 0 Å². The van der Waals surface area contributed by atoms with Gasteiger partial charge in [-0.3, -0.25) is 9.63 Å². The first-order valence-electron chi connectivity index (χ1n) is 3.98. The maximum Gasteiger partial charge on any atom is 0.249 e. The van der Waals surface area contributed by atoms with E-state index in [1.807, 2.05) is 6.92 Å². The van der Waals surface area contributed by atoms with Crippen molar-refractivity contribution in [3.63, 3.8) is 0 Å². The van der Waals surface area contributed by atoms with Gasteiger partial charge in [-0.2, -0.15) is 0 Å². The number of amides is 1. The lowest BCUT2D eigenvalue weighted by Gasteiger charge is -2.08. The molecule has 2 atom stereocenters. The molecule has 0 radical (unpaired) electrons. The number of carbonyl (C=O) groups excluding carboxylic acids is 1. The molecule has 1 saturated carbocycles. The zero-order valence-electron chi connectivity index (χ0n) is 7.31. The Kier molecular flexibility index (Phi) is 2.18. The third-order valence-corrected chi connectivity index (χ3v) is 2.62. The molecule has 1 aliphatic rings. The van der Waals surface area contributed by atoms with Gasteiger partial charge in [0.25, 0.3) is 0 Å². The van der Waals surface area contributed by atoms with Crippen molar-refractivity contribution >= 4 is 5.91 Å². The fraction of sp³-hybridized carbons (Fsp3) is 0.875. The van der Waals surface area contributed by atoms with Crippen LogP contribution in [-0.2, 0) is 9.63 Å². The van der Waals surface area contributed by atoms with Crippen LogP contribution >= 0.6 is 0 Å². The molecule has 0 bridgehead atoms. The Labute approximate surface area is 67.1 Å². The lowest BCUT2D eigenvalue weighted by atomic mass is 10.1. The Morgan fingerprint density at radius 3 is 2.82 bits per heavy atom. The monoisotopic (exact) mass is 157 g/mol. The van der Waals surface area contributed by atoms with Crippen LogP contribution in [0.25, 0.3) is 0 Å². The topological polar surface area (TPSA) is 38.3 Å². The molecule has 1 aliphatic carbocycles. The highest BCUT2D eigenvalue weighted by Gasteiger charge is 2.54. The molecule has 2 unspecified atom stereocenters. The molecule has 0 saturated heterocycles. The van der Waals surface area contributed by atoms with Gasteiger partial charge in [0.15, 0.2) is 0 Å². The van der Waals surface area contributed by atoms with Crippen molar-refractivity contribution in [3.8, 4) is 0 Å². The van der Waals surface area contributed by atoms with E-state index in [0.29, 0.717) is 5.92 Å². The summed E-state index contributed by atoms with van der Waals surface area (Å²) >= 11 is 0. The summed E-state index contributed by atoms with van der Waals surface area (Å²) in [6.45, 7) is 4.09. The molecule has 11 heavy (non-hydrogen) atoms. The highest BCUT2D eigenvalue weighted by molar-refractivity contribution is 5.84. The number of hydrogen-bond acceptors (Lipinski definition) is 2. The molecule has 1 rings (SSSR count). The minimum atomic E-state index is -0.148. The molecule has 0 spiro atoms.